The van der Waals surface area contributed by atoms with E-state index in [4.69, 9.17) is 4.74 Å². The quantitative estimate of drug-likeness (QED) is 0.257. The zero-order valence-corrected chi connectivity index (χ0v) is 18.8. The molecule has 2 unspecified atom stereocenters. The molecule has 0 aromatic heterocycles. The molecule has 0 aliphatic carbocycles. The van der Waals surface area contributed by atoms with Crippen LogP contribution >= 0.6 is 0 Å². The maximum absolute atomic E-state index is 11.6. The van der Waals surface area contributed by atoms with Crippen molar-refractivity contribution in [3.05, 3.63) is 95.1 Å². The van der Waals surface area contributed by atoms with Crippen LogP contribution in [-0.2, 0) is 9.47 Å². The van der Waals surface area contributed by atoms with Crippen molar-refractivity contribution in [3.63, 3.8) is 0 Å². The first-order valence-electron chi connectivity index (χ1n) is 10.4. The van der Waals surface area contributed by atoms with E-state index in [9.17, 15) is 19.8 Å². The summed E-state index contributed by atoms with van der Waals surface area (Å²) in [5.41, 5.74) is 2.48. The van der Waals surface area contributed by atoms with E-state index in [1.165, 1.54) is 14.2 Å². The Balaban J connectivity index is 2.15. The topological polar surface area (TPSA) is 93.1 Å². The Morgan fingerprint density at radius 2 is 1.42 bits per heavy atom. The van der Waals surface area contributed by atoms with Crippen molar-refractivity contribution in [1.82, 2.24) is 0 Å². The maximum Gasteiger partial charge on any atom is 0.337 e. The van der Waals surface area contributed by atoms with Gasteiger partial charge in [-0.05, 0) is 48.2 Å². The second-order valence-corrected chi connectivity index (χ2v) is 7.18. The Morgan fingerprint density at radius 3 is 1.91 bits per heavy atom. The predicted octanol–water partition coefficient (Wildman–Crippen LogP) is 4.31. The summed E-state index contributed by atoms with van der Waals surface area (Å²) in [5.74, 6) is 5.00. The summed E-state index contributed by atoms with van der Waals surface area (Å²) >= 11 is 0. The molecule has 2 rings (SSSR count). The van der Waals surface area contributed by atoms with Gasteiger partial charge in [-0.15, -0.1) is 6.58 Å². The minimum absolute atomic E-state index is 0.143. The fourth-order valence-electron chi connectivity index (χ4n) is 3.01. The number of hydrogen-bond acceptors (Lipinski definition) is 6. The summed E-state index contributed by atoms with van der Waals surface area (Å²) in [6.07, 6.45) is 3.31. The molecule has 2 aromatic rings. The normalized spacial score (nSPS) is 12.7. The van der Waals surface area contributed by atoms with Crippen LogP contribution in [0.4, 0.5) is 0 Å². The number of aliphatic hydroxyl groups excluding tert-OH is 2. The lowest BCUT2D eigenvalue weighted by Gasteiger charge is -2.12. The Labute approximate surface area is 194 Å². The van der Waals surface area contributed by atoms with Crippen LogP contribution in [0.25, 0.3) is 0 Å². The highest BCUT2D eigenvalue weighted by atomic mass is 16.5. The Kier molecular flexibility index (Phi) is 10.1. The smallest absolute Gasteiger partial charge is 0.337 e. The molecule has 2 aromatic carbocycles. The summed E-state index contributed by atoms with van der Waals surface area (Å²) in [7, 11) is 2.62. The van der Waals surface area contributed by atoms with Crippen molar-refractivity contribution in [3.8, 4) is 11.8 Å². The molecule has 6 heteroatoms. The molecule has 33 heavy (non-hydrogen) atoms. The second kappa shape index (κ2) is 13.0. The van der Waals surface area contributed by atoms with Crippen LogP contribution in [0.1, 0.15) is 63.3 Å². The Hall–Kier alpha value is -3.66. The first kappa shape index (κ1) is 25.6. The molecule has 0 amide bonds. The number of hydrogen-bond donors (Lipinski definition) is 2. The van der Waals surface area contributed by atoms with E-state index in [2.05, 4.69) is 23.2 Å². The maximum atomic E-state index is 11.6. The van der Waals surface area contributed by atoms with Crippen LogP contribution in [0.2, 0.25) is 0 Å². The lowest BCUT2D eigenvalue weighted by Crippen LogP contribution is -2.04. The highest BCUT2D eigenvalue weighted by Crippen LogP contribution is 2.23. The number of aliphatic hydroxyl groups is 2. The summed E-state index contributed by atoms with van der Waals surface area (Å²) in [6.45, 7) is 3.70. The molecular formula is C27H28O6. The van der Waals surface area contributed by atoms with Crippen molar-refractivity contribution >= 4 is 11.9 Å². The molecule has 0 heterocycles. The summed E-state index contributed by atoms with van der Waals surface area (Å²) < 4.78 is 9.36. The van der Waals surface area contributed by atoms with Crippen LogP contribution in [0, 0.1) is 11.8 Å². The van der Waals surface area contributed by atoms with Crippen LogP contribution < -0.4 is 0 Å². The number of esters is 2. The lowest BCUT2D eigenvalue weighted by atomic mass is 9.98. The highest BCUT2D eigenvalue weighted by molar-refractivity contribution is 5.89. The van der Waals surface area contributed by atoms with Crippen molar-refractivity contribution in [2.75, 3.05) is 14.2 Å². The van der Waals surface area contributed by atoms with E-state index in [-0.39, 0.29) is 6.42 Å². The average molecular weight is 449 g/mol. The number of carbonyl (C=O) groups excluding carboxylic acids is 2. The molecule has 172 valence electrons. The number of methoxy groups -OCH3 is 2. The van der Waals surface area contributed by atoms with Gasteiger partial charge >= 0.3 is 11.9 Å². The number of benzene rings is 2. The Morgan fingerprint density at radius 1 is 0.909 bits per heavy atom. The molecule has 0 radical (unpaired) electrons. The first-order valence-corrected chi connectivity index (χ1v) is 10.4. The van der Waals surface area contributed by atoms with E-state index in [1.807, 2.05) is 6.08 Å². The third-order valence-corrected chi connectivity index (χ3v) is 4.92. The third-order valence-electron chi connectivity index (χ3n) is 4.92. The molecule has 2 N–H and O–H groups in total. The number of ether oxygens (including phenoxy) is 2. The molecule has 0 spiro atoms. The fraction of sp³-hybridized carbons (Fsp3) is 0.259. The van der Waals surface area contributed by atoms with E-state index in [1.54, 1.807) is 54.6 Å². The standard InChI is InChI=1S/C27H28O6/c1-4-5-6-8-20(25(29)21-13-17-23(18-14-21)27(31)33-3)9-7-10-24(28)19-11-15-22(16-12-19)26(30)32-2/h4,8,11-18,24-25,28-29H,1,5-6,10H2,2-3H3/b20-8+. The summed E-state index contributed by atoms with van der Waals surface area (Å²) in [5, 5.41) is 21.3. The molecule has 0 aliphatic rings. The van der Waals surface area contributed by atoms with Gasteiger partial charge in [0, 0.05) is 12.0 Å². The van der Waals surface area contributed by atoms with Crippen LogP contribution in [0.15, 0.2) is 72.8 Å². The van der Waals surface area contributed by atoms with Crippen LogP contribution in [0.3, 0.4) is 0 Å². The molecule has 0 saturated carbocycles. The predicted molar refractivity (Wildman–Crippen MR) is 125 cm³/mol. The zero-order valence-electron chi connectivity index (χ0n) is 18.8. The molecule has 0 saturated heterocycles. The third kappa shape index (κ3) is 7.46. The van der Waals surface area contributed by atoms with Gasteiger partial charge in [-0.1, -0.05) is 48.3 Å². The van der Waals surface area contributed by atoms with E-state index in [0.29, 0.717) is 34.2 Å². The molecule has 0 bridgehead atoms. The number of allylic oxidation sites excluding steroid dienone is 2. The van der Waals surface area contributed by atoms with Gasteiger partial charge in [-0.25, -0.2) is 9.59 Å². The highest BCUT2D eigenvalue weighted by Gasteiger charge is 2.14. The monoisotopic (exact) mass is 448 g/mol. The lowest BCUT2D eigenvalue weighted by molar-refractivity contribution is 0.0591. The van der Waals surface area contributed by atoms with Gasteiger partial charge in [0.25, 0.3) is 0 Å². The fourth-order valence-corrected chi connectivity index (χ4v) is 3.01. The van der Waals surface area contributed by atoms with Gasteiger partial charge in [-0.3, -0.25) is 0 Å². The van der Waals surface area contributed by atoms with E-state index < -0.39 is 24.1 Å². The molecule has 0 fully saturated rings. The number of rotatable bonds is 9. The van der Waals surface area contributed by atoms with Gasteiger partial charge in [0.05, 0.1) is 31.5 Å². The van der Waals surface area contributed by atoms with Gasteiger partial charge in [-0.2, -0.15) is 0 Å². The minimum Gasteiger partial charge on any atom is -0.465 e. The summed E-state index contributed by atoms with van der Waals surface area (Å²) in [6, 6.07) is 12.9. The SMILES string of the molecule is C=CCC/C=C(\C#CCC(O)c1ccc(C(=O)OC)cc1)C(O)c1ccc(C(=O)OC)cc1. The van der Waals surface area contributed by atoms with Crippen LogP contribution in [0.5, 0.6) is 0 Å². The van der Waals surface area contributed by atoms with Gasteiger partial charge < -0.3 is 19.7 Å². The van der Waals surface area contributed by atoms with Crippen molar-refractivity contribution in [2.45, 2.75) is 31.5 Å². The Bertz CT molecular complexity index is 1040. The second-order valence-electron chi connectivity index (χ2n) is 7.18. The zero-order chi connectivity index (χ0) is 24.2. The van der Waals surface area contributed by atoms with Crippen LogP contribution in [-0.4, -0.2) is 36.4 Å². The van der Waals surface area contributed by atoms with Gasteiger partial charge in [0.1, 0.15) is 6.10 Å². The largest absolute Gasteiger partial charge is 0.465 e. The van der Waals surface area contributed by atoms with Crippen molar-refractivity contribution < 1.29 is 29.3 Å². The van der Waals surface area contributed by atoms with E-state index >= 15 is 0 Å². The first-order chi connectivity index (χ1) is 15.9. The molecule has 2 atom stereocenters. The molecular weight excluding hydrogens is 420 g/mol. The molecule has 0 aliphatic heterocycles. The number of unbranched alkanes of at least 4 members (excludes halogenated alkanes) is 1. The minimum atomic E-state index is -0.981. The van der Waals surface area contributed by atoms with Gasteiger partial charge in [0.2, 0.25) is 0 Å². The van der Waals surface area contributed by atoms with Gasteiger partial charge in [0.15, 0.2) is 0 Å². The van der Waals surface area contributed by atoms with E-state index in [0.717, 1.165) is 6.42 Å². The number of carbonyl (C=O) groups is 2. The molecule has 6 nitrogen and oxygen atoms in total. The summed E-state index contributed by atoms with van der Waals surface area (Å²) in [4.78, 5) is 23.1. The van der Waals surface area contributed by atoms with Crippen molar-refractivity contribution in [1.29, 1.82) is 0 Å². The average Bonchev–Trinajstić information content (AvgIpc) is 2.86. The van der Waals surface area contributed by atoms with Crippen molar-refractivity contribution in [2.24, 2.45) is 0 Å².